The first-order chi connectivity index (χ1) is 10.6. The van der Waals surface area contributed by atoms with Crippen LogP contribution in [0.2, 0.25) is 0 Å². The summed E-state index contributed by atoms with van der Waals surface area (Å²) < 4.78 is 53.9. The molecule has 6 nitrogen and oxygen atoms in total. The Kier molecular flexibility index (Phi) is 2.87. The predicted molar refractivity (Wildman–Crippen MR) is 72.0 cm³/mol. The summed E-state index contributed by atoms with van der Waals surface area (Å²) in [5.74, 6) is 0. The van der Waals surface area contributed by atoms with Crippen molar-refractivity contribution in [2.24, 2.45) is 7.05 Å². The Labute approximate surface area is 122 Å². The molecule has 0 amide bonds. The van der Waals surface area contributed by atoms with Gasteiger partial charge < -0.3 is 0 Å². The van der Waals surface area contributed by atoms with E-state index in [1.807, 2.05) is 0 Å². The van der Waals surface area contributed by atoms with Crippen LogP contribution in [0, 0.1) is 0 Å². The van der Waals surface area contributed by atoms with Crippen molar-refractivity contribution >= 4 is 21.5 Å². The minimum Gasteiger partial charge on any atom is -0.288 e. The summed E-state index contributed by atoms with van der Waals surface area (Å²) in [7, 11) is 0.930. The fourth-order valence-corrected chi connectivity index (χ4v) is 2.80. The number of rotatable bonds is 1. The largest absolute Gasteiger partial charge is 0.418 e. The Balaban J connectivity index is 2.93. The third kappa shape index (κ3) is 1.74. The second kappa shape index (κ2) is 4.37. The maximum absolute atomic E-state index is 13.4. The molecule has 1 N–H and O–H groups in total. The Morgan fingerprint density at radius 2 is 1.43 bits per heavy atom. The standard InChI is InChI=1S/C13H6F4N2O4/c1-19-11(22)5-3(2-14)4-6(10(21)18-9(4)20)8(13(15,16)17)7(5)12(19)23/h2H2,1H3,(H,18,20,21). The van der Waals surface area contributed by atoms with Crippen molar-refractivity contribution in [3.8, 4) is 0 Å². The van der Waals surface area contributed by atoms with Crippen LogP contribution in [0.15, 0.2) is 19.2 Å². The normalized spacial score (nSPS) is 12.6. The number of aromatic amines is 1. The van der Waals surface area contributed by atoms with Gasteiger partial charge in [0.1, 0.15) is 6.67 Å². The highest BCUT2D eigenvalue weighted by molar-refractivity contribution is 6.05. The molecule has 0 spiro atoms. The molecule has 23 heavy (non-hydrogen) atoms. The van der Waals surface area contributed by atoms with Gasteiger partial charge in [-0.25, -0.2) is 4.39 Å². The van der Waals surface area contributed by atoms with E-state index in [0.717, 1.165) is 7.05 Å². The third-order valence-electron chi connectivity index (χ3n) is 3.74. The van der Waals surface area contributed by atoms with Crippen molar-refractivity contribution in [1.82, 2.24) is 9.55 Å². The number of halogens is 4. The lowest BCUT2D eigenvalue weighted by atomic mass is 9.97. The second-order valence-electron chi connectivity index (χ2n) is 4.94. The fraction of sp³-hybridized carbons (Fsp3) is 0.231. The van der Waals surface area contributed by atoms with Gasteiger partial charge in [-0.2, -0.15) is 13.2 Å². The minimum atomic E-state index is -5.19. The molecule has 10 heteroatoms. The number of hydrogen-bond acceptors (Lipinski definition) is 4. The highest BCUT2D eigenvalue weighted by Crippen LogP contribution is 2.38. The molecule has 0 bridgehead atoms. The SMILES string of the molecule is Cn1c(=O)c2c(CF)c3c(=O)[nH]c(=O)c3c(C(F)(F)F)c2c1=O. The van der Waals surface area contributed by atoms with Crippen LogP contribution < -0.4 is 22.2 Å². The maximum atomic E-state index is 13.4. The topological polar surface area (TPSA) is 89.0 Å². The molecule has 0 atom stereocenters. The van der Waals surface area contributed by atoms with E-state index in [4.69, 9.17) is 0 Å². The Morgan fingerprint density at radius 1 is 0.913 bits per heavy atom. The monoisotopic (exact) mass is 330 g/mol. The van der Waals surface area contributed by atoms with Crippen molar-refractivity contribution in [2.75, 3.05) is 0 Å². The van der Waals surface area contributed by atoms with E-state index in [9.17, 15) is 36.7 Å². The molecule has 0 aliphatic rings. The summed E-state index contributed by atoms with van der Waals surface area (Å²) in [5, 5.41) is -3.89. The Morgan fingerprint density at radius 3 is 1.96 bits per heavy atom. The predicted octanol–water partition coefficient (Wildman–Crippen LogP) is 0.464. The van der Waals surface area contributed by atoms with E-state index in [1.54, 1.807) is 4.98 Å². The number of nitrogens with one attached hydrogen (secondary N) is 1. The molecule has 0 unspecified atom stereocenters. The van der Waals surface area contributed by atoms with Crippen molar-refractivity contribution in [1.29, 1.82) is 0 Å². The van der Waals surface area contributed by atoms with Crippen LogP contribution in [0.5, 0.6) is 0 Å². The lowest BCUT2D eigenvalue weighted by molar-refractivity contribution is -0.135. The molecule has 2 heterocycles. The van der Waals surface area contributed by atoms with Gasteiger partial charge in [0.2, 0.25) is 0 Å². The summed E-state index contributed by atoms with van der Waals surface area (Å²) >= 11 is 0. The lowest BCUT2D eigenvalue weighted by Gasteiger charge is -2.10. The van der Waals surface area contributed by atoms with Crippen molar-refractivity contribution in [2.45, 2.75) is 12.9 Å². The van der Waals surface area contributed by atoms with Gasteiger partial charge >= 0.3 is 6.18 Å². The van der Waals surface area contributed by atoms with Crippen LogP contribution in [-0.2, 0) is 19.9 Å². The first kappa shape index (κ1) is 15.1. The molecule has 3 aromatic rings. The molecule has 0 aliphatic carbocycles. The van der Waals surface area contributed by atoms with Gasteiger partial charge in [-0.3, -0.25) is 28.7 Å². The van der Waals surface area contributed by atoms with E-state index in [2.05, 4.69) is 0 Å². The van der Waals surface area contributed by atoms with Crippen LogP contribution in [0.1, 0.15) is 11.1 Å². The number of fused-ring (bicyclic) bond motifs is 2. The van der Waals surface area contributed by atoms with Crippen molar-refractivity contribution < 1.29 is 17.6 Å². The maximum Gasteiger partial charge on any atom is 0.418 e. The van der Waals surface area contributed by atoms with E-state index >= 15 is 0 Å². The quantitative estimate of drug-likeness (QED) is 0.657. The average Bonchev–Trinajstić information content (AvgIpc) is 2.86. The second-order valence-corrected chi connectivity index (χ2v) is 4.94. The van der Waals surface area contributed by atoms with Crippen LogP contribution >= 0.6 is 0 Å². The van der Waals surface area contributed by atoms with Crippen molar-refractivity contribution in [3.05, 3.63) is 52.5 Å². The fourth-order valence-electron chi connectivity index (χ4n) is 2.80. The number of nitrogens with zero attached hydrogens (tertiary/aromatic N) is 1. The van der Waals surface area contributed by atoms with Gasteiger partial charge in [-0.1, -0.05) is 0 Å². The van der Waals surface area contributed by atoms with Gasteiger partial charge in [0, 0.05) is 12.6 Å². The number of aromatic nitrogens is 2. The smallest absolute Gasteiger partial charge is 0.288 e. The Hall–Kier alpha value is -2.78. The zero-order valence-corrected chi connectivity index (χ0v) is 11.3. The molecular formula is C13H6F4N2O4. The summed E-state index contributed by atoms with van der Waals surface area (Å²) in [5.41, 5.74) is -7.45. The lowest BCUT2D eigenvalue weighted by Crippen LogP contribution is -2.22. The van der Waals surface area contributed by atoms with Crippen LogP contribution in [0.25, 0.3) is 21.5 Å². The number of hydrogen-bond donors (Lipinski definition) is 1. The number of alkyl halides is 4. The highest BCUT2D eigenvalue weighted by atomic mass is 19.4. The molecule has 1 aromatic carbocycles. The molecule has 0 saturated heterocycles. The Bertz CT molecular complexity index is 1180. The first-order valence-electron chi connectivity index (χ1n) is 6.15. The highest BCUT2D eigenvalue weighted by Gasteiger charge is 2.40. The number of benzene rings is 1. The molecule has 0 aliphatic heterocycles. The first-order valence-corrected chi connectivity index (χ1v) is 6.15. The summed E-state index contributed by atoms with van der Waals surface area (Å²) in [6.07, 6.45) is -5.19. The van der Waals surface area contributed by atoms with Gasteiger partial charge in [-0.15, -0.1) is 0 Å². The van der Waals surface area contributed by atoms with Gasteiger partial charge in [0.15, 0.2) is 0 Å². The van der Waals surface area contributed by atoms with Gasteiger partial charge in [0.05, 0.1) is 27.1 Å². The third-order valence-corrected chi connectivity index (χ3v) is 3.74. The van der Waals surface area contributed by atoms with Gasteiger partial charge in [-0.05, 0) is 0 Å². The van der Waals surface area contributed by atoms with E-state index in [-0.39, 0.29) is 0 Å². The van der Waals surface area contributed by atoms with E-state index < -0.39 is 67.8 Å². The van der Waals surface area contributed by atoms with Crippen LogP contribution in [0.4, 0.5) is 17.6 Å². The minimum absolute atomic E-state index is 0.386. The van der Waals surface area contributed by atoms with Crippen molar-refractivity contribution in [3.63, 3.8) is 0 Å². The van der Waals surface area contributed by atoms with Crippen LogP contribution in [-0.4, -0.2) is 9.55 Å². The van der Waals surface area contributed by atoms with E-state index in [1.165, 1.54) is 0 Å². The van der Waals surface area contributed by atoms with Gasteiger partial charge in [0.25, 0.3) is 22.2 Å². The molecule has 120 valence electrons. The molecule has 3 rings (SSSR count). The van der Waals surface area contributed by atoms with E-state index in [0.29, 0.717) is 4.57 Å². The number of H-pyrrole nitrogens is 1. The van der Waals surface area contributed by atoms with Crippen LogP contribution in [0.3, 0.4) is 0 Å². The molecule has 2 aromatic heterocycles. The average molecular weight is 330 g/mol. The molecule has 0 saturated carbocycles. The molecular weight excluding hydrogens is 324 g/mol. The molecule has 0 radical (unpaired) electrons. The molecule has 0 fully saturated rings. The summed E-state index contributed by atoms with van der Waals surface area (Å²) in [6, 6.07) is 0. The zero-order valence-electron chi connectivity index (χ0n) is 11.3. The summed E-state index contributed by atoms with van der Waals surface area (Å²) in [6.45, 7) is -1.48. The zero-order chi connectivity index (χ0) is 17.3. The summed E-state index contributed by atoms with van der Waals surface area (Å²) in [4.78, 5) is 49.1.